The van der Waals surface area contributed by atoms with Crippen molar-refractivity contribution >= 4 is 28.2 Å². The molecule has 0 bridgehead atoms. The van der Waals surface area contributed by atoms with Crippen molar-refractivity contribution in [3.05, 3.63) is 102 Å². The SMILES string of the molecule is CC1(C(=O)c2ccccc2)C=CC=CC1Nc1c(C(=O)O)ccc2ccccc12. The summed E-state index contributed by atoms with van der Waals surface area (Å²) in [6, 6.07) is 19.8. The Morgan fingerprint density at radius 2 is 1.66 bits per heavy atom. The molecule has 0 saturated heterocycles. The van der Waals surface area contributed by atoms with E-state index in [-0.39, 0.29) is 11.3 Å². The number of anilines is 1. The zero-order chi connectivity index (χ0) is 20.4. The molecular weight excluding hydrogens is 362 g/mol. The highest BCUT2D eigenvalue weighted by Gasteiger charge is 2.40. The number of hydrogen-bond donors (Lipinski definition) is 2. The van der Waals surface area contributed by atoms with Gasteiger partial charge in [-0.15, -0.1) is 0 Å². The van der Waals surface area contributed by atoms with Crippen molar-refractivity contribution in [3.63, 3.8) is 0 Å². The Morgan fingerprint density at radius 3 is 2.41 bits per heavy atom. The summed E-state index contributed by atoms with van der Waals surface area (Å²) in [4.78, 5) is 25.2. The molecule has 1 aliphatic rings. The van der Waals surface area contributed by atoms with E-state index in [0.717, 1.165) is 10.8 Å². The number of allylic oxidation sites excluding steroid dienone is 2. The number of ketones is 1. The molecule has 0 spiro atoms. The van der Waals surface area contributed by atoms with Gasteiger partial charge in [-0.1, -0.05) is 85.0 Å². The first-order chi connectivity index (χ1) is 14.0. The first-order valence-corrected chi connectivity index (χ1v) is 9.48. The highest BCUT2D eigenvalue weighted by atomic mass is 16.4. The van der Waals surface area contributed by atoms with Crippen LogP contribution in [0.25, 0.3) is 10.8 Å². The summed E-state index contributed by atoms with van der Waals surface area (Å²) in [5, 5.41) is 14.9. The first-order valence-electron chi connectivity index (χ1n) is 9.48. The Bertz CT molecular complexity index is 1150. The average Bonchev–Trinajstić information content (AvgIpc) is 2.75. The maximum atomic E-state index is 13.4. The topological polar surface area (TPSA) is 66.4 Å². The lowest BCUT2D eigenvalue weighted by Gasteiger charge is -2.35. The molecule has 4 rings (SSSR count). The van der Waals surface area contributed by atoms with E-state index in [1.54, 1.807) is 24.3 Å². The average molecular weight is 383 g/mol. The second-order valence-corrected chi connectivity index (χ2v) is 7.36. The molecule has 0 saturated carbocycles. The zero-order valence-electron chi connectivity index (χ0n) is 16.0. The molecule has 0 amide bonds. The Balaban J connectivity index is 1.80. The van der Waals surface area contributed by atoms with Gasteiger partial charge in [-0.25, -0.2) is 4.79 Å². The summed E-state index contributed by atoms with van der Waals surface area (Å²) in [7, 11) is 0. The van der Waals surface area contributed by atoms with Crippen LogP contribution in [0.2, 0.25) is 0 Å². The lowest BCUT2D eigenvalue weighted by atomic mass is 9.73. The highest BCUT2D eigenvalue weighted by Crippen LogP contribution is 2.37. The second-order valence-electron chi connectivity index (χ2n) is 7.36. The fourth-order valence-corrected chi connectivity index (χ4v) is 3.81. The van der Waals surface area contributed by atoms with Crippen LogP contribution in [0.3, 0.4) is 0 Å². The summed E-state index contributed by atoms with van der Waals surface area (Å²) in [6.45, 7) is 1.88. The summed E-state index contributed by atoms with van der Waals surface area (Å²) < 4.78 is 0. The van der Waals surface area contributed by atoms with Gasteiger partial charge in [0.25, 0.3) is 0 Å². The monoisotopic (exact) mass is 383 g/mol. The van der Waals surface area contributed by atoms with Gasteiger partial charge in [0.2, 0.25) is 0 Å². The molecule has 0 aromatic heterocycles. The minimum Gasteiger partial charge on any atom is -0.478 e. The molecule has 2 N–H and O–H groups in total. The summed E-state index contributed by atoms with van der Waals surface area (Å²) in [6.07, 6.45) is 7.53. The van der Waals surface area contributed by atoms with E-state index in [1.165, 1.54) is 0 Å². The van der Waals surface area contributed by atoms with Crippen molar-refractivity contribution in [2.24, 2.45) is 5.41 Å². The molecule has 4 heteroatoms. The number of nitrogens with one attached hydrogen (secondary N) is 1. The maximum absolute atomic E-state index is 13.4. The molecule has 3 aromatic carbocycles. The Hall–Kier alpha value is -3.66. The molecule has 0 heterocycles. The van der Waals surface area contributed by atoms with Crippen molar-refractivity contribution in [2.75, 3.05) is 5.32 Å². The van der Waals surface area contributed by atoms with E-state index in [4.69, 9.17) is 0 Å². The molecule has 2 atom stereocenters. The molecule has 1 aliphatic carbocycles. The number of carboxylic acid groups (broad SMARTS) is 1. The molecule has 0 aliphatic heterocycles. The van der Waals surface area contributed by atoms with Crippen LogP contribution in [0, 0.1) is 5.41 Å². The smallest absolute Gasteiger partial charge is 0.337 e. The van der Waals surface area contributed by atoms with E-state index in [0.29, 0.717) is 11.3 Å². The predicted molar refractivity (Wildman–Crippen MR) is 115 cm³/mol. The minimum absolute atomic E-state index is 0.0201. The first kappa shape index (κ1) is 18.7. The predicted octanol–water partition coefficient (Wildman–Crippen LogP) is 5.33. The van der Waals surface area contributed by atoms with Gasteiger partial charge in [-0.05, 0) is 18.4 Å². The van der Waals surface area contributed by atoms with Crippen LogP contribution < -0.4 is 5.32 Å². The number of rotatable bonds is 5. The summed E-state index contributed by atoms with van der Waals surface area (Å²) in [5.74, 6) is -1.03. The zero-order valence-corrected chi connectivity index (χ0v) is 16.0. The number of hydrogen-bond acceptors (Lipinski definition) is 3. The molecule has 4 nitrogen and oxygen atoms in total. The van der Waals surface area contributed by atoms with E-state index < -0.39 is 17.4 Å². The number of fused-ring (bicyclic) bond motifs is 1. The van der Waals surface area contributed by atoms with Crippen molar-refractivity contribution in [2.45, 2.75) is 13.0 Å². The molecule has 0 fully saturated rings. The van der Waals surface area contributed by atoms with Crippen LogP contribution in [0.1, 0.15) is 27.6 Å². The van der Waals surface area contributed by atoms with E-state index in [2.05, 4.69) is 5.32 Å². The number of benzene rings is 3. The van der Waals surface area contributed by atoms with Gasteiger partial charge in [-0.2, -0.15) is 0 Å². The number of aromatic carboxylic acids is 1. The third-order valence-corrected chi connectivity index (χ3v) is 5.49. The Kier molecular flexibility index (Phi) is 4.77. The van der Waals surface area contributed by atoms with Crippen molar-refractivity contribution in [1.29, 1.82) is 0 Å². The number of Topliss-reactive ketones (excluding diaryl/α,β-unsaturated/α-hetero) is 1. The molecule has 0 radical (unpaired) electrons. The van der Waals surface area contributed by atoms with Crippen molar-refractivity contribution in [3.8, 4) is 0 Å². The van der Waals surface area contributed by atoms with Gasteiger partial charge in [0, 0.05) is 10.9 Å². The van der Waals surface area contributed by atoms with Gasteiger partial charge in [0.15, 0.2) is 5.78 Å². The fourth-order valence-electron chi connectivity index (χ4n) is 3.81. The quantitative estimate of drug-likeness (QED) is 0.584. The van der Waals surface area contributed by atoms with Crippen LogP contribution in [-0.2, 0) is 0 Å². The largest absolute Gasteiger partial charge is 0.478 e. The summed E-state index contributed by atoms with van der Waals surface area (Å²) in [5.41, 5.74) is 0.468. The fraction of sp³-hybridized carbons (Fsp3) is 0.120. The van der Waals surface area contributed by atoms with Gasteiger partial charge < -0.3 is 10.4 Å². The second kappa shape index (κ2) is 7.40. The van der Waals surface area contributed by atoms with Crippen LogP contribution in [-0.4, -0.2) is 22.9 Å². The summed E-state index contributed by atoms with van der Waals surface area (Å²) >= 11 is 0. The number of carboxylic acids is 1. The highest BCUT2D eigenvalue weighted by molar-refractivity contribution is 6.07. The normalized spacial score (nSPS) is 20.5. The van der Waals surface area contributed by atoms with E-state index >= 15 is 0 Å². The lowest BCUT2D eigenvalue weighted by molar-refractivity contribution is 0.0698. The number of carbonyl (C=O) groups is 2. The van der Waals surface area contributed by atoms with Gasteiger partial charge in [-0.3, -0.25) is 4.79 Å². The Morgan fingerprint density at radius 1 is 0.931 bits per heavy atom. The maximum Gasteiger partial charge on any atom is 0.337 e. The van der Waals surface area contributed by atoms with Crippen LogP contribution >= 0.6 is 0 Å². The van der Waals surface area contributed by atoms with E-state index in [1.807, 2.05) is 73.7 Å². The molecular formula is C25H21NO3. The van der Waals surface area contributed by atoms with Crippen LogP contribution in [0.15, 0.2) is 91.0 Å². The van der Waals surface area contributed by atoms with E-state index in [9.17, 15) is 14.7 Å². The number of carbonyl (C=O) groups excluding carboxylic acids is 1. The van der Waals surface area contributed by atoms with Crippen LogP contribution in [0.4, 0.5) is 5.69 Å². The van der Waals surface area contributed by atoms with Gasteiger partial charge in [0.05, 0.1) is 22.7 Å². The third kappa shape index (κ3) is 3.34. The molecule has 144 valence electrons. The standard InChI is InChI=1S/C25H21NO3/c1-25(23(27)18-10-3-2-4-11-18)16-8-7-13-21(25)26-22-19-12-6-5-9-17(19)14-15-20(22)24(28)29/h2-16,21,26H,1H3,(H,28,29). The molecule has 2 unspecified atom stereocenters. The molecule has 29 heavy (non-hydrogen) atoms. The third-order valence-electron chi connectivity index (χ3n) is 5.49. The minimum atomic E-state index is -1.01. The van der Waals surface area contributed by atoms with Crippen molar-refractivity contribution < 1.29 is 14.7 Å². The lowest BCUT2D eigenvalue weighted by Crippen LogP contribution is -2.43. The van der Waals surface area contributed by atoms with Crippen molar-refractivity contribution in [1.82, 2.24) is 0 Å². The van der Waals surface area contributed by atoms with Gasteiger partial charge in [0.1, 0.15) is 0 Å². The molecule has 3 aromatic rings. The van der Waals surface area contributed by atoms with Crippen LogP contribution in [0.5, 0.6) is 0 Å². The Labute approximate surface area is 169 Å². The van der Waals surface area contributed by atoms with Gasteiger partial charge >= 0.3 is 5.97 Å².